The third-order valence-electron chi connectivity index (χ3n) is 1.89. The Labute approximate surface area is 95.9 Å². The molecule has 0 spiro atoms. The number of allylic oxidation sites excluding steroid dienone is 1. The van der Waals surface area contributed by atoms with Gasteiger partial charge in [-0.2, -0.15) is 0 Å². The third-order valence-corrected chi connectivity index (χ3v) is 1.89. The van der Waals surface area contributed by atoms with Gasteiger partial charge in [-0.25, -0.2) is 0 Å². The lowest BCUT2D eigenvalue weighted by atomic mass is 10.1. The van der Waals surface area contributed by atoms with Crippen LogP contribution in [-0.4, -0.2) is 19.0 Å². The van der Waals surface area contributed by atoms with Crippen molar-refractivity contribution >= 4 is 5.78 Å². The Bertz CT molecular complexity index is 407. The van der Waals surface area contributed by atoms with Crippen molar-refractivity contribution in [1.29, 1.82) is 0 Å². The first-order valence-electron chi connectivity index (χ1n) is 5.08. The zero-order valence-electron chi connectivity index (χ0n) is 9.27. The minimum atomic E-state index is -0.00854. The zero-order valence-corrected chi connectivity index (χ0v) is 9.27. The smallest absolute Gasteiger partial charge is 0.185 e. The summed E-state index contributed by atoms with van der Waals surface area (Å²) in [5.41, 5.74) is 0.687. The molecule has 82 valence electrons. The van der Waals surface area contributed by atoms with Crippen LogP contribution >= 0.6 is 0 Å². The molecule has 1 aromatic rings. The minimum Gasteiger partial charge on any atom is -0.365 e. The van der Waals surface area contributed by atoms with Gasteiger partial charge >= 0.3 is 0 Å². The number of hydrogen-bond donors (Lipinski definition) is 0. The molecule has 0 bridgehead atoms. The van der Waals surface area contributed by atoms with Gasteiger partial charge in [0.2, 0.25) is 0 Å². The van der Waals surface area contributed by atoms with Crippen molar-refractivity contribution < 1.29 is 9.53 Å². The van der Waals surface area contributed by atoms with Crippen LogP contribution in [0.15, 0.2) is 42.5 Å². The van der Waals surface area contributed by atoms with Crippen LogP contribution in [-0.2, 0) is 4.74 Å². The van der Waals surface area contributed by atoms with Gasteiger partial charge in [0.05, 0.1) is 6.61 Å². The van der Waals surface area contributed by atoms with E-state index in [9.17, 15) is 4.79 Å². The maximum absolute atomic E-state index is 11.6. The van der Waals surface area contributed by atoms with E-state index >= 15 is 0 Å². The van der Waals surface area contributed by atoms with Crippen molar-refractivity contribution in [2.24, 2.45) is 0 Å². The third kappa shape index (κ3) is 4.59. The van der Waals surface area contributed by atoms with E-state index in [1.807, 2.05) is 18.2 Å². The van der Waals surface area contributed by atoms with Gasteiger partial charge in [0.1, 0.15) is 6.61 Å². The second kappa shape index (κ2) is 7.44. The second-order valence-corrected chi connectivity index (χ2v) is 3.07. The first-order valence-corrected chi connectivity index (χ1v) is 5.08. The summed E-state index contributed by atoms with van der Waals surface area (Å²) in [6.07, 6.45) is 3.22. The summed E-state index contributed by atoms with van der Waals surface area (Å²) in [6.45, 7) is 2.58. The topological polar surface area (TPSA) is 26.3 Å². The van der Waals surface area contributed by atoms with E-state index < -0.39 is 0 Å². The predicted octanol–water partition coefficient (Wildman–Crippen LogP) is 2.47. The van der Waals surface area contributed by atoms with Crippen molar-refractivity contribution in [1.82, 2.24) is 0 Å². The molecule has 0 heterocycles. The van der Waals surface area contributed by atoms with Crippen LogP contribution in [0.25, 0.3) is 0 Å². The van der Waals surface area contributed by atoms with Gasteiger partial charge in [0, 0.05) is 5.56 Å². The van der Waals surface area contributed by atoms with Gasteiger partial charge < -0.3 is 4.74 Å². The van der Waals surface area contributed by atoms with Gasteiger partial charge in [0.15, 0.2) is 5.78 Å². The fourth-order valence-electron chi connectivity index (χ4n) is 1.10. The quantitative estimate of drug-likeness (QED) is 0.326. The van der Waals surface area contributed by atoms with Crippen LogP contribution in [0, 0.1) is 11.8 Å². The second-order valence-electron chi connectivity index (χ2n) is 3.07. The first kappa shape index (κ1) is 12.2. The molecule has 0 atom stereocenters. The molecule has 0 fully saturated rings. The monoisotopic (exact) mass is 214 g/mol. The Morgan fingerprint density at radius 1 is 1.38 bits per heavy atom. The van der Waals surface area contributed by atoms with E-state index in [4.69, 9.17) is 4.74 Å². The summed E-state index contributed by atoms with van der Waals surface area (Å²) < 4.78 is 5.15. The van der Waals surface area contributed by atoms with Crippen molar-refractivity contribution in [3.8, 4) is 11.8 Å². The Morgan fingerprint density at radius 3 is 2.81 bits per heavy atom. The standard InChI is InChI=1S/C14H14O2/c1-2-3-11-16-12-7-10-14(15)13-8-5-4-6-9-13/h4-10H,11-12H2,1H3/b10-7+. The first-order chi connectivity index (χ1) is 7.84. The van der Waals surface area contributed by atoms with Crippen molar-refractivity contribution in [2.75, 3.05) is 13.2 Å². The Morgan fingerprint density at radius 2 is 2.12 bits per heavy atom. The van der Waals surface area contributed by atoms with E-state index in [0.717, 1.165) is 0 Å². The van der Waals surface area contributed by atoms with Gasteiger partial charge in [0.25, 0.3) is 0 Å². The number of rotatable bonds is 5. The molecule has 0 aliphatic carbocycles. The molecule has 0 amide bonds. The molecular weight excluding hydrogens is 200 g/mol. The number of hydrogen-bond acceptors (Lipinski definition) is 2. The van der Waals surface area contributed by atoms with E-state index in [2.05, 4.69) is 11.8 Å². The van der Waals surface area contributed by atoms with Crippen LogP contribution in [0.2, 0.25) is 0 Å². The van der Waals surface area contributed by atoms with Gasteiger partial charge in [-0.05, 0) is 13.0 Å². The fraction of sp³-hybridized carbons (Fsp3) is 0.214. The van der Waals surface area contributed by atoms with E-state index in [0.29, 0.717) is 18.8 Å². The van der Waals surface area contributed by atoms with Crippen molar-refractivity contribution in [3.05, 3.63) is 48.0 Å². The molecule has 0 saturated heterocycles. The highest BCUT2D eigenvalue weighted by atomic mass is 16.5. The largest absolute Gasteiger partial charge is 0.365 e. The van der Waals surface area contributed by atoms with Crippen molar-refractivity contribution in [2.45, 2.75) is 6.92 Å². The van der Waals surface area contributed by atoms with Crippen LogP contribution in [0.3, 0.4) is 0 Å². The number of carbonyl (C=O) groups excluding carboxylic acids is 1. The summed E-state index contributed by atoms with van der Waals surface area (Å²) in [6, 6.07) is 9.14. The van der Waals surface area contributed by atoms with E-state index in [-0.39, 0.29) is 5.78 Å². The van der Waals surface area contributed by atoms with Gasteiger partial charge in [-0.1, -0.05) is 42.3 Å². The Balaban J connectivity index is 2.34. The molecular formula is C14H14O2. The lowest BCUT2D eigenvalue weighted by molar-refractivity contribution is 0.104. The molecule has 0 saturated carbocycles. The minimum absolute atomic E-state index is 0.00854. The SMILES string of the molecule is CC#CCOC/C=C/C(=O)c1ccccc1. The van der Waals surface area contributed by atoms with Gasteiger partial charge in [-0.15, -0.1) is 5.92 Å². The lowest BCUT2D eigenvalue weighted by Crippen LogP contribution is -1.95. The molecule has 0 unspecified atom stereocenters. The van der Waals surface area contributed by atoms with Gasteiger partial charge in [-0.3, -0.25) is 4.79 Å². The maximum atomic E-state index is 11.6. The molecule has 2 heteroatoms. The number of ketones is 1. The number of ether oxygens (including phenoxy) is 1. The molecule has 0 N–H and O–H groups in total. The summed E-state index contributed by atoms with van der Waals surface area (Å²) >= 11 is 0. The van der Waals surface area contributed by atoms with E-state index in [1.165, 1.54) is 6.08 Å². The molecule has 1 aromatic carbocycles. The summed E-state index contributed by atoms with van der Waals surface area (Å²) in [4.78, 5) is 11.6. The summed E-state index contributed by atoms with van der Waals surface area (Å²) in [5, 5.41) is 0. The van der Waals surface area contributed by atoms with Crippen molar-refractivity contribution in [3.63, 3.8) is 0 Å². The molecule has 16 heavy (non-hydrogen) atoms. The molecule has 0 aromatic heterocycles. The number of benzene rings is 1. The highest BCUT2D eigenvalue weighted by Crippen LogP contribution is 2.00. The summed E-state index contributed by atoms with van der Waals surface area (Å²) in [5.74, 6) is 5.50. The Kier molecular flexibility index (Phi) is 5.68. The molecule has 0 aliphatic heterocycles. The predicted molar refractivity (Wildman–Crippen MR) is 64.2 cm³/mol. The normalized spacial score (nSPS) is 9.81. The number of carbonyl (C=O) groups is 1. The maximum Gasteiger partial charge on any atom is 0.185 e. The molecule has 2 nitrogen and oxygen atoms in total. The van der Waals surface area contributed by atoms with Crippen LogP contribution in [0.1, 0.15) is 17.3 Å². The molecule has 0 aliphatic rings. The molecule has 1 rings (SSSR count). The summed E-state index contributed by atoms with van der Waals surface area (Å²) in [7, 11) is 0. The van der Waals surface area contributed by atoms with Crippen LogP contribution < -0.4 is 0 Å². The lowest BCUT2D eigenvalue weighted by Gasteiger charge is -1.94. The highest BCUT2D eigenvalue weighted by Gasteiger charge is 1.98. The highest BCUT2D eigenvalue weighted by molar-refractivity contribution is 6.04. The van der Waals surface area contributed by atoms with E-state index in [1.54, 1.807) is 25.1 Å². The fourth-order valence-corrected chi connectivity index (χ4v) is 1.10. The zero-order chi connectivity index (χ0) is 11.6. The average molecular weight is 214 g/mol. The van der Waals surface area contributed by atoms with Crippen LogP contribution in [0.5, 0.6) is 0 Å². The Hall–Kier alpha value is -1.85. The average Bonchev–Trinajstić information content (AvgIpc) is 2.34. The van der Waals surface area contributed by atoms with Crippen LogP contribution in [0.4, 0.5) is 0 Å². The molecule has 0 radical (unpaired) electrons.